The molecule has 0 atom stereocenters. The molecule has 0 saturated heterocycles. The van der Waals surface area contributed by atoms with Crippen molar-refractivity contribution in [2.75, 3.05) is 14.2 Å². The average Bonchev–Trinajstić information content (AvgIpc) is 2.26. The zero-order valence-electron chi connectivity index (χ0n) is 8.19. The second-order valence-corrected chi connectivity index (χ2v) is 3.23. The van der Waals surface area contributed by atoms with Crippen molar-refractivity contribution in [2.24, 2.45) is 0 Å². The van der Waals surface area contributed by atoms with Gasteiger partial charge in [-0.2, -0.15) is 0 Å². The predicted octanol–water partition coefficient (Wildman–Crippen LogP) is 2.00. The fraction of sp³-hybridized carbons (Fsp3) is 0.182. The minimum absolute atomic E-state index is 0.700. The number of rotatable bonds is 4. The third-order valence-corrected chi connectivity index (χ3v) is 2.17. The van der Waals surface area contributed by atoms with E-state index in [4.69, 9.17) is 9.47 Å². The van der Waals surface area contributed by atoms with Gasteiger partial charge in [-0.05, 0) is 0 Å². The number of hydrogen-bond donors (Lipinski definition) is 0. The van der Waals surface area contributed by atoms with Crippen LogP contribution in [0.15, 0.2) is 36.4 Å². The molecule has 0 radical (unpaired) electrons. The van der Waals surface area contributed by atoms with Gasteiger partial charge >= 0.3 is 91.8 Å². The van der Waals surface area contributed by atoms with E-state index in [2.05, 4.69) is 15.9 Å². The summed E-state index contributed by atoms with van der Waals surface area (Å²) < 4.78 is 11.0. The van der Waals surface area contributed by atoms with E-state index in [1.165, 1.54) is 0 Å². The topological polar surface area (TPSA) is 18.5 Å². The maximum atomic E-state index is 5.25. The van der Waals surface area contributed by atoms with Crippen LogP contribution in [0.1, 0.15) is 5.56 Å². The van der Waals surface area contributed by atoms with Crippen LogP contribution in [0.5, 0.6) is 0 Å². The van der Waals surface area contributed by atoms with Gasteiger partial charge in [0.15, 0.2) is 0 Å². The summed E-state index contributed by atoms with van der Waals surface area (Å²) in [6.07, 6.45) is 1.81. The van der Waals surface area contributed by atoms with Gasteiger partial charge in [-0.1, -0.05) is 0 Å². The maximum absolute atomic E-state index is 5.25. The Hall–Kier alpha value is -0.878. The van der Waals surface area contributed by atoms with Crippen molar-refractivity contribution in [3.05, 3.63) is 42.0 Å². The van der Waals surface area contributed by atoms with Gasteiger partial charge in [-0.15, -0.1) is 0 Å². The molecule has 0 spiro atoms. The number of hydrogen-bond acceptors (Lipinski definition) is 2. The molecule has 1 rings (SSSR count). The van der Waals surface area contributed by atoms with Gasteiger partial charge < -0.3 is 0 Å². The Morgan fingerprint density at radius 3 is 2.29 bits per heavy atom. The van der Waals surface area contributed by atoms with E-state index < -0.39 is 0 Å². The summed E-state index contributed by atoms with van der Waals surface area (Å²) >= 11 is 2.80. The molecule has 0 aromatic heterocycles. The first-order chi connectivity index (χ1) is 6.77. The van der Waals surface area contributed by atoms with E-state index in [1.807, 2.05) is 36.4 Å². The molecule has 1 aromatic carbocycles. The molecule has 0 fully saturated rings. The van der Waals surface area contributed by atoms with Gasteiger partial charge in [-0.3, -0.25) is 0 Å². The fourth-order valence-electron chi connectivity index (χ4n) is 1.03. The summed E-state index contributed by atoms with van der Waals surface area (Å²) in [5, 5.41) is 0. The molecule has 0 amide bonds. The summed E-state index contributed by atoms with van der Waals surface area (Å²) in [6, 6.07) is 9.87. The Balaban J connectivity index is 2.93. The minimum atomic E-state index is 0.700. The molecule has 14 heavy (non-hydrogen) atoms. The van der Waals surface area contributed by atoms with Gasteiger partial charge in [0.05, 0.1) is 0 Å². The number of ether oxygens (including phenoxy) is 2. The third kappa shape index (κ3) is 3.12. The van der Waals surface area contributed by atoms with Crippen molar-refractivity contribution in [3.8, 4) is 0 Å². The molecule has 0 unspecified atom stereocenters. The molecule has 0 aliphatic heterocycles. The monoisotopic (exact) mass is 228 g/mol. The Kier molecular flexibility index (Phi) is 4.61. The molecule has 0 saturated carbocycles. The molecular formula is C11H12CrO2. The molecular weight excluding hydrogens is 216 g/mol. The van der Waals surface area contributed by atoms with E-state index in [0.717, 1.165) is 11.3 Å². The number of benzene rings is 1. The normalized spacial score (nSPS) is 11.1. The van der Waals surface area contributed by atoms with E-state index in [1.54, 1.807) is 14.2 Å². The summed E-state index contributed by atoms with van der Waals surface area (Å²) in [4.78, 5) is 0. The summed E-state index contributed by atoms with van der Waals surface area (Å²) in [5.41, 5.74) is 1.03. The van der Waals surface area contributed by atoms with Crippen LogP contribution in [0, 0.1) is 0 Å². The molecule has 0 aliphatic rings. The second kappa shape index (κ2) is 5.77. The summed E-state index contributed by atoms with van der Waals surface area (Å²) in [7, 11) is 3.25. The van der Waals surface area contributed by atoms with Crippen LogP contribution in [-0.2, 0) is 25.3 Å². The average molecular weight is 228 g/mol. The fourth-order valence-corrected chi connectivity index (χ4v) is 1.20. The van der Waals surface area contributed by atoms with Gasteiger partial charge in [-0.25, -0.2) is 0 Å². The van der Waals surface area contributed by atoms with Crippen molar-refractivity contribution >= 4 is 10.3 Å². The predicted molar refractivity (Wildman–Crippen MR) is 53.4 cm³/mol. The standard InChI is InChI=1S/C11H12O2.Cr/c1-12-9-8-11(13-2)10-6-4-3-5-7-10;/h3-8H,1-2H3;/b11-8-;. The van der Waals surface area contributed by atoms with Crippen LogP contribution >= 0.6 is 0 Å². The Morgan fingerprint density at radius 1 is 1.14 bits per heavy atom. The van der Waals surface area contributed by atoms with Crippen molar-refractivity contribution in [1.29, 1.82) is 0 Å². The van der Waals surface area contributed by atoms with Crippen LogP contribution in [0.4, 0.5) is 0 Å². The van der Waals surface area contributed by atoms with Gasteiger partial charge in [0.25, 0.3) is 0 Å². The van der Waals surface area contributed by atoms with Gasteiger partial charge in [0.2, 0.25) is 0 Å². The van der Waals surface area contributed by atoms with E-state index in [9.17, 15) is 0 Å². The van der Waals surface area contributed by atoms with Crippen molar-refractivity contribution in [3.63, 3.8) is 0 Å². The third-order valence-electron chi connectivity index (χ3n) is 1.73. The van der Waals surface area contributed by atoms with Crippen LogP contribution in [0.3, 0.4) is 0 Å². The van der Waals surface area contributed by atoms with Crippen LogP contribution < -0.4 is 0 Å². The molecule has 0 N–H and O–H groups in total. The second-order valence-electron chi connectivity index (χ2n) is 2.60. The quantitative estimate of drug-likeness (QED) is 0.734. The zero-order valence-corrected chi connectivity index (χ0v) is 9.46. The first-order valence-corrected chi connectivity index (χ1v) is 4.80. The van der Waals surface area contributed by atoms with E-state index in [-0.39, 0.29) is 0 Å². The van der Waals surface area contributed by atoms with Crippen molar-refractivity contribution in [2.45, 2.75) is 0 Å². The Labute approximate surface area is 92.1 Å². The van der Waals surface area contributed by atoms with Gasteiger partial charge in [0, 0.05) is 0 Å². The molecule has 2 nitrogen and oxygen atoms in total. The molecule has 74 valence electrons. The van der Waals surface area contributed by atoms with Crippen LogP contribution in [0.2, 0.25) is 0 Å². The van der Waals surface area contributed by atoms with E-state index >= 15 is 0 Å². The molecule has 3 heteroatoms. The number of methoxy groups -OCH3 is 2. The van der Waals surface area contributed by atoms with Crippen molar-refractivity contribution in [1.82, 2.24) is 0 Å². The van der Waals surface area contributed by atoms with Crippen LogP contribution in [0.25, 0.3) is 5.76 Å². The van der Waals surface area contributed by atoms with Gasteiger partial charge in [0.1, 0.15) is 0 Å². The molecule has 0 bridgehead atoms. The summed E-state index contributed by atoms with van der Waals surface area (Å²) in [5.74, 6) is 0.779. The molecule has 1 aromatic rings. The Morgan fingerprint density at radius 2 is 1.79 bits per heavy atom. The Bertz CT molecular complexity index is 330. The van der Waals surface area contributed by atoms with Crippen molar-refractivity contribution < 1.29 is 25.3 Å². The molecule has 0 heterocycles. The zero-order chi connectivity index (χ0) is 10.4. The van der Waals surface area contributed by atoms with Crippen LogP contribution in [-0.4, -0.2) is 18.8 Å². The SMILES string of the molecule is CO[C](=[Cr])/C=C(\OC)c1ccccc1. The first-order valence-electron chi connectivity index (χ1n) is 4.17. The van der Waals surface area contributed by atoms with E-state index in [0.29, 0.717) is 4.57 Å². The first kappa shape index (κ1) is 11.2. The molecule has 0 aliphatic carbocycles. The summed E-state index contributed by atoms with van der Waals surface area (Å²) in [6.45, 7) is 0.